The monoisotopic (exact) mass is 399 g/mol. The largest absolute Gasteiger partial charge is 0.399 e. The van der Waals surface area contributed by atoms with Crippen LogP contribution in [-0.4, -0.2) is 9.55 Å². The Morgan fingerprint density at radius 1 is 0.955 bits per heavy atom. The molecule has 0 aliphatic heterocycles. The van der Waals surface area contributed by atoms with Crippen molar-refractivity contribution < 1.29 is 0 Å². The molecular formula is C14H14Cl5N3. The van der Waals surface area contributed by atoms with Crippen molar-refractivity contribution in [1.82, 2.24) is 9.55 Å². The van der Waals surface area contributed by atoms with E-state index in [0.717, 1.165) is 16.6 Å². The molecule has 2 aromatic carbocycles. The van der Waals surface area contributed by atoms with Gasteiger partial charge in [-0.05, 0) is 35.9 Å². The van der Waals surface area contributed by atoms with E-state index in [1.165, 1.54) is 0 Å². The normalized spacial score (nSPS) is 9.55. The SMILES string of the molecule is Cl.Cl.Cl.Nc1ccc2c(c1)ncn2Cc1ccc(Cl)c(Cl)c1. The molecule has 120 valence electrons. The highest BCUT2D eigenvalue weighted by Gasteiger charge is 2.05. The maximum Gasteiger partial charge on any atom is 0.0961 e. The number of imidazole rings is 1. The third-order valence-electron chi connectivity index (χ3n) is 2.98. The Bertz CT molecular complexity index is 757. The Kier molecular flexibility index (Phi) is 8.37. The molecule has 1 aromatic heterocycles. The van der Waals surface area contributed by atoms with Gasteiger partial charge in [-0.2, -0.15) is 0 Å². The summed E-state index contributed by atoms with van der Waals surface area (Å²) in [6.45, 7) is 0.692. The van der Waals surface area contributed by atoms with Gasteiger partial charge in [-0.25, -0.2) is 4.98 Å². The quantitative estimate of drug-likeness (QED) is 0.597. The van der Waals surface area contributed by atoms with Crippen LogP contribution in [0, 0.1) is 0 Å². The molecule has 0 spiro atoms. The number of halogens is 5. The van der Waals surface area contributed by atoms with Crippen LogP contribution in [0.3, 0.4) is 0 Å². The highest BCUT2D eigenvalue weighted by molar-refractivity contribution is 6.42. The highest BCUT2D eigenvalue weighted by Crippen LogP contribution is 2.24. The molecule has 0 fully saturated rings. The minimum Gasteiger partial charge on any atom is -0.399 e. The van der Waals surface area contributed by atoms with E-state index in [0.29, 0.717) is 22.3 Å². The average Bonchev–Trinajstić information content (AvgIpc) is 2.76. The maximum absolute atomic E-state index is 6.02. The summed E-state index contributed by atoms with van der Waals surface area (Å²) in [4.78, 5) is 4.34. The summed E-state index contributed by atoms with van der Waals surface area (Å²) in [6.07, 6.45) is 1.80. The van der Waals surface area contributed by atoms with Crippen LogP contribution in [0.15, 0.2) is 42.7 Å². The molecule has 0 atom stereocenters. The number of hydrogen-bond acceptors (Lipinski definition) is 2. The molecule has 0 unspecified atom stereocenters. The number of rotatable bonds is 2. The molecule has 8 heteroatoms. The fraction of sp³-hybridized carbons (Fsp3) is 0.0714. The Balaban J connectivity index is 0.00000147. The molecule has 0 radical (unpaired) electrons. The number of nitrogens with zero attached hydrogens (tertiary/aromatic N) is 2. The van der Waals surface area contributed by atoms with E-state index in [-0.39, 0.29) is 37.2 Å². The Labute approximate surface area is 157 Å². The number of nitrogens with two attached hydrogens (primary N) is 1. The minimum atomic E-state index is 0. The third-order valence-corrected chi connectivity index (χ3v) is 3.72. The van der Waals surface area contributed by atoms with Crippen molar-refractivity contribution in [3.63, 3.8) is 0 Å². The molecule has 1 heterocycles. The zero-order chi connectivity index (χ0) is 13.4. The summed E-state index contributed by atoms with van der Waals surface area (Å²) < 4.78 is 2.05. The molecule has 0 amide bonds. The summed E-state index contributed by atoms with van der Waals surface area (Å²) in [5, 5.41) is 1.13. The molecule has 3 aromatic rings. The van der Waals surface area contributed by atoms with Gasteiger partial charge in [0.05, 0.1) is 27.4 Å². The molecule has 3 nitrogen and oxygen atoms in total. The van der Waals surface area contributed by atoms with Crippen molar-refractivity contribution in [3.8, 4) is 0 Å². The Hall–Kier alpha value is -0.840. The smallest absolute Gasteiger partial charge is 0.0961 e. The van der Waals surface area contributed by atoms with Gasteiger partial charge in [0.2, 0.25) is 0 Å². The summed E-state index contributed by atoms with van der Waals surface area (Å²) in [5.41, 5.74) is 9.46. The lowest BCUT2D eigenvalue weighted by molar-refractivity contribution is 0.824. The maximum atomic E-state index is 6.02. The van der Waals surface area contributed by atoms with Crippen molar-refractivity contribution in [2.45, 2.75) is 6.54 Å². The first kappa shape index (κ1) is 21.2. The van der Waals surface area contributed by atoms with Crippen molar-refractivity contribution >= 4 is 77.1 Å². The molecule has 0 aliphatic rings. The molecule has 0 saturated heterocycles. The summed E-state index contributed by atoms with van der Waals surface area (Å²) >= 11 is 11.9. The molecule has 22 heavy (non-hydrogen) atoms. The van der Waals surface area contributed by atoms with Crippen LogP contribution < -0.4 is 5.73 Å². The lowest BCUT2D eigenvalue weighted by Gasteiger charge is -2.06. The van der Waals surface area contributed by atoms with E-state index in [4.69, 9.17) is 28.9 Å². The van der Waals surface area contributed by atoms with Crippen LogP contribution in [0.4, 0.5) is 5.69 Å². The van der Waals surface area contributed by atoms with Crippen LogP contribution in [0.2, 0.25) is 10.0 Å². The first-order valence-corrected chi connectivity index (χ1v) is 6.53. The van der Waals surface area contributed by atoms with Gasteiger partial charge in [0.15, 0.2) is 0 Å². The van der Waals surface area contributed by atoms with Crippen LogP contribution >= 0.6 is 60.4 Å². The summed E-state index contributed by atoms with van der Waals surface area (Å²) in [7, 11) is 0. The molecule has 0 bridgehead atoms. The zero-order valence-electron chi connectivity index (χ0n) is 11.2. The fourth-order valence-electron chi connectivity index (χ4n) is 2.04. The summed E-state index contributed by atoms with van der Waals surface area (Å²) in [5.74, 6) is 0. The van der Waals surface area contributed by atoms with E-state index in [1.807, 2.05) is 34.9 Å². The molecule has 2 N–H and O–H groups in total. The van der Waals surface area contributed by atoms with Crippen LogP contribution in [-0.2, 0) is 6.54 Å². The van der Waals surface area contributed by atoms with Gasteiger partial charge < -0.3 is 10.3 Å². The number of hydrogen-bond donors (Lipinski definition) is 1. The molecule has 0 saturated carbocycles. The standard InChI is InChI=1S/C14H11Cl2N3.3ClH/c15-11-3-1-9(5-12(11)16)7-19-8-18-13-6-10(17)2-4-14(13)19;;;/h1-6,8H,7,17H2;3*1H. The number of aromatic nitrogens is 2. The van der Waals surface area contributed by atoms with Gasteiger partial charge >= 0.3 is 0 Å². The van der Waals surface area contributed by atoms with Crippen LogP contribution in [0.1, 0.15) is 5.56 Å². The van der Waals surface area contributed by atoms with Crippen molar-refractivity contribution in [3.05, 3.63) is 58.3 Å². The zero-order valence-corrected chi connectivity index (χ0v) is 15.2. The topological polar surface area (TPSA) is 43.8 Å². The van der Waals surface area contributed by atoms with Crippen LogP contribution in [0.5, 0.6) is 0 Å². The number of fused-ring (bicyclic) bond motifs is 1. The number of nitrogen functional groups attached to an aromatic ring is 1. The van der Waals surface area contributed by atoms with Crippen molar-refractivity contribution in [2.75, 3.05) is 5.73 Å². The van der Waals surface area contributed by atoms with Gasteiger partial charge in [-0.15, -0.1) is 37.2 Å². The molecular weight excluding hydrogens is 387 g/mol. The van der Waals surface area contributed by atoms with E-state index < -0.39 is 0 Å². The third kappa shape index (κ3) is 4.34. The molecule has 3 rings (SSSR count). The van der Waals surface area contributed by atoms with Crippen LogP contribution in [0.25, 0.3) is 11.0 Å². The first-order valence-electron chi connectivity index (χ1n) is 5.78. The Morgan fingerprint density at radius 2 is 1.68 bits per heavy atom. The lowest BCUT2D eigenvalue weighted by Crippen LogP contribution is -1.98. The second-order valence-electron chi connectivity index (χ2n) is 4.37. The second-order valence-corrected chi connectivity index (χ2v) is 5.18. The highest BCUT2D eigenvalue weighted by atomic mass is 35.5. The minimum absolute atomic E-state index is 0. The van der Waals surface area contributed by atoms with Crippen molar-refractivity contribution in [2.24, 2.45) is 0 Å². The second kappa shape index (κ2) is 8.70. The summed E-state index contributed by atoms with van der Waals surface area (Å²) in [6, 6.07) is 11.3. The van der Waals surface area contributed by atoms with E-state index in [1.54, 1.807) is 12.4 Å². The Morgan fingerprint density at radius 3 is 2.36 bits per heavy atom. The lowest BCUT2D eigenvalue weighted by atomic mass is 10.2. The number of benzene rings is 2. The predicted molar refractivity (Wildman–Crippen MR) is 101 cm³/mol. The van der Waals surface area contributed by atoms with Gasteiger partial charge in [-0.3, -0.25) is 0 Å². The number of anilines is 1. The average molecular weight is 402 g/mol. The fourth-order valence-corrected chi connectivity index (χ4v) is 2.36. The van der Waals surface area contributed by atoms with Gasteiger partial charge in [0.1, 0.15) is 0 Å². The molecule has 0 aliphatic carbocycles. The van der Waals surface area contributed by atoms with Gasteiger partial charge in [0.25, 0.3) is 0 Å². The van der Waals surface area contributed by atoms with Gasteiger partial charge in [-0.1, -0.05) is 29.3 Å². The predicted octanol–water partition coefficient (Wildman–Crippen LogP) is 5.24. The first-order chi connectivity index (χ1) is 9.13. The van der Waals surface area contributed by atoms with Crippen molar-refractivity contribution in [1.29, 1.82) is 0 Å². The van der Waals surface area contributed by atoms with Gasteiger partial charge in [0, 0.05) is 12.2 Å². The van der Waals surface area contributed by atoms with E-state index in [9.17, 15) is 0 Å². The van der Waals surface area contributed by atoms with E-state index in [2.05, 4.69) is 4.98 Å². The van der Waals surface area contributed by atoms with E-state index >= 15 is 0 Å².